The number of pyridine rings is 2. The van der Waals surface area contributed by atoms with Gasteiger partial charge in [0.05, 0.1) is 17.3 Å². The van der Waals surface area contributed by atoms with E-state index in [-0.39, 0.29) is 11.9 Å². The van der Waals surface area contributed by atoms with Crippen molar-refractivity contribution < 1.29 is 9.53 Å². The largest absolute Gasteiger partial charge is 0.489 e. The fourth-order valence-corrected chi connectivity index (χ4v) is 4.27. The molecule has 0 aromatic carbocycles. The molecule has 0 unspecified atom stereocenters. The summed E-state index contributed by atoms with van der Waals surface area (Å²) in [7, 11) is 0. The molecule has 3 aromatic rings. The summed E-state index contributed by atoms with van der Waals surface area (Å²) in [6.07, 6.45) is 7.35. The first-order valence-electron chi connectivity index (χ1n) is 10.8. The molecule has 30 heavy (non-hydrogen) atoms. The Bertz CT molecular complexity index is 1060. The van der Waals surface area contributed by atoms with Gasteiger partial charge in [-0.05, 0) is 77.3 Å². The Labute approximate surface area is 177 Å². The highest BCUT2D eigenvalue weighted by atomic mass is 16.5. The number of ether oxygens (including phenoxy) is 1. The number of nitrogens with zero attached hydrogens (tertiary/aromatic N) is 3. The predicted octanol–water partition coefficient (Wildman–Crippen LogP) is 4.07. The van der Waals surface area contributed by atoms with Gasteiger partial charge in [-0.15, -0.1) is 0 Å². The SMILES string of the molecule is Cc1ccc(OC(C)C)c(C(=O)[C@@]2(Cc3cn4cccc(C)c4n3)CCCCN2)n1. The molecular weight excluding hydrogens is 376 g/mol. The molecule has 0 radical (unpaired) electrons. The van der Waals surface area contributed by atoms with Crippen LogP contribution >= 0.6 is 0 Å². The molecule has 4 heterocycles. The summed E-state index contributed by atoms with van der Waals surface area (Å²) in [6, 6.07) is 7.82. The fourth-order valence-electron chi connectivity index (χ4n) is 4.27. The smallest absolute Gasteiger partial charge is 0.205 e. The number of hydrogen-bond donors (Lipinski definition) is 1. The van der Waals surface area contributed by atoms with Crippen LogP contribution in [0.15, 0.2) is 36.7 Å². The van der Waals surface area contributed by atoms with Crippen LogP contribution in [0.25, 0.3) is 5.65 Å². The van der Waals surface area contributed by atoms with Gasteiger partial charge in [0.2, 0.25) is 5.78 Å². The summed E-state index contributed by atoms with van der Waals surface area (Å²) in [6.45, 7) is 8.69. The van der Waals surface area contributed by atoms with E-state index in [0.29, 0.717) is 17.9 Å². The third kappa shape index (κ3) is 3.97. The second kappa shape index (κ2) is 8.19. The van der Waals surface area contributed by atoms with Gasteiger partial charge in [-0.1, -0.05) is 6.07 Å². The molecule has 0 spiro atoms. The molecule has 6 heteroatoms. The minimum absolute atomic E-state index is 0.00433. The van der Waals surface area contributed by atoms with Crippen LogP contribution in [0.4, 0.5) is 0 Å². The fraction of sp³-hybridized carbons (Fsp3) is 0.458. The number of aromatic nitrogens is 3. The normalized spacial score (nSPS) is 19.4. The first-order chi connectivity index (χ1) is 14.4. The summed E-state index contributed by atoms with van der Waals surface area (Å²) < 4.78 is 7.97. The predicted molar refractivity (Wildman–Crippen MR) is 117 cm³/mol. The molecule has 0 amide bonds. The van der Waals surface area contributed by atoms with E-state index in [1.807, 2.05) is 55.8 Å². The lowest BCUT2D eigenvalue weighted by atomic mass is 9.79. The molecule has 6 nitrogen and oxygen atoms in total. The molecule has 1 atom stereocenters. The van der Waals surface area contributed by atoms with Crippen molar-refractivity contribution >= 4 is 11.4 Å². The number of imidazole rings is 1. The molecule has 0 aliphatic carbocycles. The van der Waals surface area contributed by atoms with Gasteiger partial charge >= 0.3 is 0 Å². The second-order valence-electron chi connectivity index (χ2n) is 8.59. The van der Waals surface area contributed by atoms with Crippen molar-refractivity contribution in [3.05, 3.63) is 59.3 Å². The standard InChI is InChI=1S/C24H30N4O2/c1-16(2)30-20-10-9-18(4)26-21(20)22(29)24(11-5-6-12-25-24)14-19-15-28-13-7-8-17(3)23(28)27-19/h7-10,13,15-16,25H,5-6,11-12,14H2,1-4H3/t24-/m0/s1. The van der Waals surface area contributed by atoms with Crippen molar-refractivity contribution in [3.63, 3.8) is 0 Å². The second-order valence-corrected chi connectivity index (χ2v) is 8.59. The molecule has 1 aliphatic rings. The van der Waals surface area contributed by atoms with Crippen LogP contribution in [-0.2, 0) is 6.42 Å². The zero-order chi connectivity index (χ0) is 21.3. The first-order valence-corrected chi connectivity index (χ1v) is 10.8. The number of nitrogens with one attached hydrogen (secondary N) is 1. The third-order valence-corrected chi connectivity index (χ3v) is 5.71. The minimum atomic E-state index is -0.722. The van der Waals surface area contributed by atoms with Crippen LogP contribution in [0.1, 0.15) is 60.5 Å². The van der Waals surface area contributed by atoms with Crippen molar-refractivity contribution in [1.29, 1.82) is 0 Å². The van der Waals surface area contributed by atoms with Gasteiger partial charge in [-0.3, -0.25) is 4.79 Å². The summed E-state index contributed by atoms with van der Waals surface area (Å²) in [5, 5.41) is 3.54. The molecule has 1 N–H and O–H groups in total. The van der Waals surface area contributed by atoms with Gasteiger partial charge < -0.3 is 14.5 Å². The number of aryl methyl sites for hydroxylation is 2. The van der Waals surface area contributed by atoms with E-state index in [1.54, 1.807) is 0 Å². The van der Waals surface area contributed by atoms with Crippen LogP contribution in [0.3, 0.4) is 0 Å². The number of ketones is 1. The van der Waals surface area contributed by atoms with Gasteiger partial charge in [-0.25, -0.2) is 9.97 Å². The average Bonchev–Trinajstić information content (AvgIpc) is 3.13. The number of piperidine rings is 1. The number of fused-ring (bicyclic) bond motifs is 1. The zero-order valence-electron chi connectivity index (χ0n) is 18.2. The number of carbonyl (C=O) groups is 1. The van der Waals surface area contributed by atoms with Crippen LogP contribution < -0.4 is 10.1 Å². The highest BCUT2D eigenvalue weighted by molar-refractivity contribution is 6.04. The van der Waals surface area contributed by atoms with Crippen molar-refractivity contribution in [2.45, 2.75) is 65.0 Å². The van der Waals surface area contributed by atoms with Crippen molar-refractivity contribution in [2.75, 3.05) is 6.54 Å². The highest BCUT2D eigenvalue weighted by Gasteiger charge is 2.42. The number of hydrogen-bond acceptors (Lipinski definition) is 5. The maximum Gasteiger partial charge on any atom is 0.205 e. The third-order valence-electron chi connectivity index (χ3n) is 5.71. The van der Waals surface area contributed by atoms with Crippen molar-refractivity contribution in [1.82, 2.24) is 19.7 Å². The quantitative estimate of drug-likeness (QED) is 0.625. The summed E-state index contributed by atoms with van der Waals surface area (Å²) in [5.74, 6) is 0.550. The van der Waals surface area contributed by atoms with E-state index in [4.69, 9.17) is 9.72 Å². The van der Waals surface area contributed by atoms with Gasteiger partial charge in [-0.2, -0.15) is 0 Å². The van der Waals surface area contributed by atoms with E-state index in [0.717, 1.165) is 48.4 Å². The Morgan fingerprint density at radius 3 is 2.77 bits per heavy atom. The lowest BCUT2D eigenvalue weighted by molar-refractivity contribution is 0.0797. The lowest BCUT2D eigenvalue weighted by Crippen LogP contribution is -2.56. The number of Topliss-reactive ketones (excluding diaryl/α,β-unsaturated/α-hetero) is 1. The Balaban J connectivity index is 1.74. The number of carbonyl (C=O) groups excluding carboxylic acids is 1. The van der Waals surface area contributed by atoms with E-state index in [9.17, 15) is 4.79 Å². The highest BCUT2D eigenvalue weighted by Crippen LogP contribution is 2.31. The van der Waals surface area contributed by atoms with E-state index in [1.165, 1.54) is 0 Å². The van der Waals surface area contributed by atoms with Crippen molar-refractivity contribution in [3.8, 4) is 5.75 Å². The topological polar surface area (TPSA) is 68.5 Å². The molecule has 158 valence electrons. The summed E-state index contributed by atoms with van der Waals surface area (Å²) in [5.41, 5.74) is 3.46. The van der Waals surface area contributed by atoms with E-state index in [2.05, 4.69) is 23.3 Å². The van der Waals surface area contributed by atoms with Crippen LogP contribution in [0.2, 0.25) is 0 Å². The molecule has 1 aliphatic heterocycles. The Hall–Kier alpha value is -2.73. The number of rotatable bonds is 6. The monoisotopic (exact) mass is 406 g/mol. The maximum atomic E-state index is 13.9. The average molecular weight is 407 g/mol. The molecule has 3 aromatic heterocycles. The molecule has 4 rings (SSSR count). The van der Waals surface area contributed by atoms with Gasteiger partial charge in [0.25, 0.3) is 0 Å². The van der Waals surface area contributed by atoms with Crippen molar-refractivity contribution in [2.24, 2.45) is 0 Å². The van der Waals surface area contributed by atoms with Gasteiger partial charge in [0, 0.05) is 24.5 Å². The van der Waals surface area contributed by atoms with Gasteiger partial charge in [0.15, 0.2) is 5.69 Å². The molecular formula is C24H30N4O2. The summed E-state index contributed by atoms with van der Waals surface area (Å²) >= 11 is 0. The van der Waals surface area contributed by atoms with Crippen LogP contribution in [0.5, 0.6) is 5.75 Å². The first kappa shape index (κ1) is 20.5. The molecule has 1 fully saturated rings. The minimum Gasteiger partial charge on any atom is -0.489 e. The van der Waals surface area contributed by atoms with Gasteiger partial charge in [0.1, 0.15) is 11.4 Å². The zero-order valence-corrected chi connectivity index (χ0v) is 18.2. The maximum absolute atomic E-state index is 13.9. The summed E-state index contributed by atoms with van der Waals surface area (Å²) in [4.78, 5) is 23.4. The molecule has 1 saturated heterocycles. The van der Waals surface area contributed by atoms with Crippen LogP contribution in [0, 0.1) is 13.8 Å². The Morgan fingerprint density at radius 2 is 2.07 bits per heavy atom. The van der Waals surface area contributed by atoms with E-state index >= 15 is 0 Å². The van der Waals surface area contributed by atoms with E-state index < -0.39 is 5.54 Å². The lowest BCUT2D eigenvalue weighted by Gasteiger charge is -2.36. The Kier molecular flexibility index (Phi) is 5.60. The molecule has 0 bridgehead atoms. The molecule has 0 saturated carbocycles. The Morgan fingerprint density at radius 1 is 1.23 bits per heavy atom. The van der Waals surface area contributed by atoms with Crippen LogP contribution in [-0.4, -0.2) is 38.3 Å².